The molecule has 0 aliphatic heterocycles. The van der Waals surface area contributed by atoms with Crippen LogP contribution in [0.5, 0.6) is 0 Å². The third-order valence-electron chi connectivity index (χ3n) is 2.84. The zero-order chi connectivity index (χ0) is 14.3. The van der Waals surface area contributed by atoms with E-state index in [0.717, 1.165) is 17.0 Å². The lowest BCUT2D eigenvalue weighted by atomic mass is 10.1. The van der Waals surface area contributed by atoms with Gasteiger partial charge in [-0.2, -0.15) is 5.06 Å². The van der Waals surface area contributed by atoms with Gasteiger partial charge in [0, 0.05) is 6.04 Å². The lowest BCUT2D eigenvalue weighted by Gasteiger charge is -2.28. The number of carbonyl (C=O) groups is 2. The molecular weight excluding hydrogens is 246 g/mol. The van der Waals surface area contributed by atoms with Crippen LogP contribution in [0.1, 0.15) is 5.56 Å². The number of nitrogens with zero attached hydrogens (tertiary/aromatic N) is 2. The molecule has 0 bridgehead atoms. The van der Waals surface area contributed by atoms with E-state index >= 15 is 0 Å². The van der Waals surface area contributed by atoms with Crippen LogP contribution >= 0.6 is 0 Å². The molecule has 0 aliphatic rings. The zero-order valence-electron chi connectivity index (χ0n) is 11.2. The second-order valence-corrected chi connectivity index (χ2v) is 4.41. The molecule has 0 saturated heterocycles. The van der Waals surface area contributed by atoms with Gasteiger partial charge in [-0.05, 0) is 26.1 Å². The number of carbonyl (C=O) groups excluding carboxylic acids is 2. The minimum Gasteiger partial charge on any atom is -0.349 e. The first-order valence-corrected chi connectivity index (χ1v) is 5.92. The molecule has 0 spiro atoms. The summed E-state index contributed by atoms with van der Waals surface area (Å²) in [5.74, 6) is 0. The SMILES string of the molecule is CN(C)C(Cc1ccccc1)CN(OC=O)C(N)=O. The lowest BCUT2D eigenvalue weighted by molar-refractivity contribution is -0.161. The van der Waals surface area contributed by atoms with E-state index in [9.17, 15) is 9.59 Å². The molecule has 1 rings (SSSR count). The Hall–Kier alpha value is -2.08. The van der Waals surface area contributed by atoms with Crippen molar-refractivity contribution in [3.63, 3.8) is 0 Å². The van der Waals surface area contributed by atoms with Gasteiger partial charge >= 0.3 is 12.5 Å². The summed E-state index contributed by atoms with van der Waals surface area (Å²) >= 11 is 0. The normalized spacial score (nSPS) is 11.9. The number of hydrogen-bond donors (Lipinski definition) is 1. The number of hydrogen-bond acceptors (Lipinski definition) is 4. The lowest BCUT2D eigenvalue weighted by Crippen LogP contribution is -2.46. The Bertz CT molecular complexity index is 409. The predicted molar refractivity (Wildman–Crippen MR) is 71.1 cm³/mol. The molecule has 1 atom stereocenters. The quantitative estimate of drug-likeness (QED) is 0.579. The zero-order valence-corrected chi connectivity index (χ0v) is 11.2. The van der Waals surface area contributed by atoms with Crippen molar-refractivity contribution in [3.05, 3.63) is 35.9 Å². The second kappa shape index (κ2) is 7.38. The van der Waals surface area contributed by atoms with Crippen LogP contribution in [-0.4, -0.2) is 49.1 Å². The fourth-order valence-corrected chi connectivity index (χ4v) is 1.72. The van der Waals surface area contributed by atoms with Crippen molar-refractivity contribution in [2.75, 3.05) is 20.6 Å². The summed E-state index contributed by atoms with van der Waals surface area (Å²) in [6.45, 7) is 0.413. The van der Waals surface area contributed by atoms with Crippen LogP contribution in [0.3, 0.4) is 0 Å². The molecule has 2 N–H and O–H groups in total. The minimum atomic E-state index is -0.785. The van der Waals surface area contributed by atoms with Crippen LogP contribution in [0.4, 0.5) is 4.79 Å². The molecule has 2 amide bonds. The topological polar surface area (TPSA) is 75.9 Å². The van der Waals surface area contributed by atoms with E-state index in [2.05, 4.69) is 4.84 Å². The summed E-state index contributed by atoms with van der Waals surface area (Å²) in [5.41, 5.74) is 6.29. The van der Waals surface area contributed by atoms with Gasteiger partial charge in [0.1, 0.15) is 0 Å². The molecule has 0 aromatic heterocycles. The molecule has 0 fully saturated rings. The highest BCUT2D eigenvalue weighted by molar-refractivity contribution is 5.71. The Morgan fingerprint density at radius 1 is 1.37 bits per heavy atom. The maximum Gasteiger partial charge on any atom is 0.348 e. The largest absolute Gasteiger partial charge is 0.349 e. The van der Waals surface area contributed by atoms with Gasteiger partial charge in [0.15, 0.2) is 0 Å². The van der Waals surface area contributed by atoms with Gasteiger partial charge in [0.05, 0.1) is 6.54 Å². The van der Waals surface area contributed by atoms with Crippen LogP contribution in [0.15, 0.2) is 30.3 Å². The van der Waals surface area contributed by atoms with E-state index in [4.69, 9.17) is 5.73 Å². The number of benzene rings is 1. The van der Waals surface area contributed by atoms with Crippen molar-refractivity contribution in [1.29, 1.82) is 0 Å². The van der Waals surface area contributed by atoms with Crippen molar-refractivity contribution >= 4 is 12.5 Å². The minimum absolute atomic E-state index is 0.00477. The Kier molecular flexibility index (Phi) is 5.81. The molecule has 6 heteroatoms. The van der Waals surface area contributed by atoms with Gasteiger partial charge in [0.25, 0.3) is 0 Å². The van der Waals surface area contributed by atoms with Gasteiger partial charge < -0.3 is 15.5 Å². The smallest absolute Gasteiger partial charge is 0.348 e. The standard InChI is InChI=1S/C13H19N3O3/c1-15(2)12(8-11-6-4-3-5-7-11)9-16(13(14)18)19-10-17/h3-7,10,12H,8-9H2,1-2H3,(H2,14,18). The summed E-state index contributed by atoms with van der Waals surface area (Å²) in [5, 5.41) is 0.862. The number of hydroxylamine groups is 2. The Morgan fingerprint density at radius 3 is 2.47 bits per heavy atom. The van der Waals surface area contributed by atoms with Crippen molar-refractivity contribution in [2.45, 2.75) is 12.5 Å². The van der Waals surface area contributed by atoms with E-state index in [-0.39, 0.29) is 19.1 Å². The molecule has 19 heavy (non-hydrogen) atoms. The highest BCUT2D eigenvalue weighted by Crippen LogP contribution is 2.08. The van der Waals surface area contributed by atoms with Gasteiger partial charge in [-0.15, -0.1) is 0 Å². The van der Waals surface area contributed by atoms with Gasteiger partial charge in [0.2, 0.25) is 0 Å². The summed E-state index contributed by atoms with van der Waals surface area (Å²) in [4.78, 5) is 28.0. The fraction of sp³-hybridized carbons (Fsp3) is 0.385. The van der Waals surface area contributed by atoms with E-state index < -0.39 is 6.03 Å². The molecule has 0 heterocycles. The van der Waals surface area contributed by atoms with E-state index in [1.807, 2.05) is 49.3 Å². The molecule has 0 aliphatic carbocycles. The maximum absolute atomic E-state index is 11.1. The summed E-state index contributed by atoms with van der Waals surface area (Å²) in [7, 11) is 3.79. The molecule has 1 aromatic rings. The first-order chi connectivity index (χ1) is 9.04. The molecule has 1 aromatic carbocycles. The fourth-order valence-electron chi connectivity index (χ4n) is 1.72. The number of likely N-dealkylation sites (N-methyl/N-ethyl adjacent to an activating group) is 1. The van der Waals surface area contributed by atoms with Crippen LogP contribution in [-0.2, 0) is 16.1 Å². The van der Waals surface area contributed by atoms with Crippen molar-refractivity contribution in [2.24, 2.45) is 5.73 Å². The molecule has 0 saturated carbocycles. The van der Waals surface area contributed by atoms with Crippen molar-refractivity contribution < 1.29 is 14.4 Å². The number of amides is 2. The molecule has 104 valence electrons. The maximum atomic E-state index is 11.1. The first-order valence-electron chi connectivity index (χ1n) is 5.92. The molecule has 6 nitrogen and oxygen atoms in total. The molecular formula is C13H19N3O3. The third kappa shape index (κ3) is 4.97. The van der Waals surface area contributed by atoms with Crippen LogP contribution < -0.4 is 5.73 Å². The third-order valence-corrected chi connectivity index (χ3v) is 2.84. The van der Waals surface area contributed by atoms with Crippen LogP contribution in [0, 0.1) is 0 Å². The van der Waals surface area contributed by atoms with Crippen molar-refractivity contribution in [3.8, 4) is 0 Å². The molecule has 1 unspecified atom stereocenters. The average molecular weight is 265 g/mol. The first kappa shape index (κ1) is 15.0. The summed E-state index contributed by atoms with van der Waals surface area (Å²) in [6, 6.07) is 9.07. The number of rotatable bonds is 7. The second-order valence-electron chi connectivity index (χ2n) is 4.41. The average Bonchev–Trinajstić information content (AvgIpc) is 2.38. The van der Waals surface area contributed by atoms with E-state index in [0.29, 0.717) is 0 Å². The van der Waals surface area contributed by atoms with E-state index in [1.165, 1.54) is 0 Å². The highest BCUT2D eigenvalue weighted by atomic mass is 16.7. The van der Waals surface area contributed by atoms with Gasteiger partial charge in [-0.3, -0.25) is 4.79 Å². The van der Waals surface area contributed by atoms with E-state index in [1.54, 1.807) is 0 Å². The Labute approximate surface area is 112 Å². The number of nitrogens with two attached hydrogens (primary N) is 1. The highest BCUT2D eigenvalue weighted by Gasteiger charge is 2.20. The number of urea groups is 1. The predicted octanol–water partition coefficient (Wildman–Crippen LogP) is 0.628. The summed E-state index contributed by atoms with van der Waals surface area (Å²) < 4.78 is 0. The van der Waals surface area contributed by atoms with Gasteiger partial charge in [-0.25, -0.2) is 4.79 Å². The van der Waals surface area contributed by atoms with Crippen molar-refractivity contribution in [1.82, 2.24) is 9.96 Å². The molecule has 0 radical (unpaired) electrons. The Balaban J connectivity index is 2.72. The van der Waals surface area contributed by atoms with Crippen LogP contribution in [0.2, 0.25) is 0 Å². The van der Waals surface area contributed by atoms with Crippen LogP contribution in [0.25, 0.3) is 0 Å². The monoisotopic (exact) mass is 265 g/mol. The number of primary amides is 1. The summed E-state index contributed by atoms with van der Waals surface area (Å²) in [6.07, 6.45) is 0.722. The van der Waals surface area contributed by atoms with Gasteiger partial charge in [-0.1, -0.05) is 30.3 Å². The Morgan fingerprint density at radius 2 is 2.00 bits per heavy atom.